The van der Waals surface area contributed by atoms with Crippen molar-refractivity contribution in [1.82, 2.24) is 9.88 Å². The second-order valence-electron chi connectivity index (χ2n) is 4.30. The van der Waals surface area contributed by atoms with Gasteiger partial charge in [0.1, 0.15) is 6.61 Å². The molecule has 1 fully saturated rings. The highest BCUT2D eigenvalue weighted by Gasteiger charge is 2.11. The molecule has 0 unspecified atom stereocenters. The Morgan fingerprint density at radius 2 is 2.19 bits per heavy atom. The highest BCUT2D eigenvalue weighted by molar-refractivity contribution is 5.49. The highest BCUT2D eigenvalue weighted by atomic mass is 16.5. The Morgan fingerprint density at radius 3 is 2.88 bits per heavy atom. The Bertz CT molecular complexity index is 348. The maximum atomic E-state index is 5.81. The summed E-state index contributed by atoms with van der Waals surface area (Å²) in [6.07, 6.45) is 4.40. The number of pyridine rings is 1. The van der Waals surface area contributed by atoms with Crippen LogP contribution in [0, 0.1) is 6.92 Å². The summed E-state index contributed by atoms with van der Waals surface area (Å²) in [5.74, 6) is 0.560. The number of aryl methyl sites for hydroxylation is 1. The molecule has 0 radical (unpaired) electrons. The summed E-state index contributed by atoms with van der Waals surface area (Å²) in [5.41, 5.74) is 7.50. The molecule has 2 N–H and O–H groups in total. The van der Waals surface area contributed by atoms with Crippen molar-refractivity contribution in [3.63, 3.8) is 0 Å². The summed E-state index contributed by atoms with van der Waals surface area (Å²) in [7, 11) is 0. The Balaban J connectivity index is 1.80. The normalized spacial score (nSPS) is 16.6. The van der Waals surface area contributed by atoms with Crippen molar-refractivity contribution in [2.24, 2.45) is 0 Å². The van der Waals surface area contributed by atoms with E-state index < -0.39 is 0 Å². The topological polar surface area (TPSA) is 51.4 Å². The van der Waals surface area contributed by atoms with Gasteiger partial charge in [0.25, 0.3) is 0 Å². The third kappa shape index (κ3) is 2.85. The molecule has 88 valence electrons. The van der Waals surface area contributed by atoms with Crippen molar-refractivity contribution in [2.75, 3.05) is 32.0 Å². The van der Waals surface area contributed by atoms with E-state index in [2.05, 4.69) is 9.88 Å². The molecule has 0 aliphatic carbocycles. The third-order valence-corrected chi connectivity index (χ3v) is 2.86. The van der Waals surface area contributed by atoms with Crippen LogP contribution in [0.3, 0.4) is 0 Å². The number of hydrogen-bond acceptors (Lipinski definition) is 4. The lowest BCUT2D eigenvalue weighted by atomic mass is 10.3. The van der Waals surface area contributed by atoms with Gasteiger partial charge < -0.3 is 10.5 Å². The summed E-state index contributed by atoms with van der Waals surface area (Å²) >= 11 is 0. The SMILES string of the molecule is Cc1cnc(OCCN2CCCC2)c(N)c1. The summed E-state index contributed by atoms with van der Waals surface area (Å²) in [6, 6.07) is 1.89. The van der Waals surface area contributed by atoms with Gasteiger partial charge in [-0.05, 0) is 44.5 Å². The van der Waals surface area contributed by atoms with E-state index in [9.17, 15) is 0 Å². The molecule has 1 aliphatic heterocycles. The van der Waals surface area contributed by atoms with E-state index in [1.807, 2.05) is 13.0 Å². The van der Waals surface area contributed by atoms with Gasteiger partial charge in [-0.15, -0.1) is 0 Å². The molecule has 1 saturated heterocycles. The maximum absolute atomic E-state index is 5.81. The van der Waals surface area contributed by atoms with Gasteiger partial charge in [-0.1, -0.05) is 0 Å². The minimum Gasteiger partial charge on any atom is -0.475 e. The number of anilines is 1. The van der Waals surface area contributed by atoms with E-state index in [0.29, 0.717) is 18.2 Å². The predicted molar refractivity (Wildman–Crippen MR) is 64.6 cm³/mol. The molecule has 2 heterocycles. The molecule has 0 spiro atoms. The molecule has 4 heteroatoms. The molecule has 1 aromatic heterocycles. The van der Waals surface area contributed by atoms with E-state index in [0.717, 1.165) is 12.1 Å². The molecular formula is C12H19N3O. The van der Waals surface area contributed by atoms with Gasteiger partial charge in [-0.3, -0.25) is 4.90 Å². The van der Waals surface area contributed by atoms with Gasteiger partial charge in [-0.25, -0.2) is 4.98 Å². The second-order valence-corrected chi connectivity index (χ2v) is 4.30. The largest absolute Gasteiger partial charge is 0.475 e. The molecular weight excluding hydrogens is 202 g/mol. The number of nitrogen functional groups attached to an aromatic ring is 1. The minimum absolute atomic E-state index is 0.560. The van der Waals surface area contributed by atoms with Crippen LogP contribution in [0.15, 0.2) is 12.3 Å². The van der Waals surface area contributed by atoms with Gasteiger partial charge in [0.2, 0.25) is 5.88 Å². The summed E-state index contributed by atoms with van der Waals surface area (Å²) < 4.78 is 5.58. The van der Waals surface area contributed by atoms with Crippen molar-refractivity contribution in [3.8, 4) is 5.88 Å². The first kappa shape index (κ1) is 11.2. The van der Waals surface area contributed by atoms with Crippen molar-refractivity contribution >= 4 is 5.69 Å². The fraction of sp³-hybridized carbons (Fsp3) is 0.583. The third-order valence-electron chi connectivity index (χ3n) is 2.86. The number of ether oxygens (including phenoxy) is 1. The molecule has 0 saturated carbocycles. The van der Waals surface area contributed by atoms with Crippen molar-refractivity contribution in [3.05, 3.63) is 17.8 Å². The molecule has 1 aliphatic rings. The number of aromatic nitrogens is 1. The fourth-order valence-corrected chi connectivity index (χ4v) is 1.98. The highest BCUT2D eigenvalue weighted by Crippen LogP contribution is 2.18. The van der Waals surface area contributed by atoms with Crippen LogP contribution in [0.4, 0.5) is 5.69 Å². The number of nitrogens with zero attached hydrogens (tertiary/aromatic N) is 2. The number of hydrogen-bond donors (Lipinski definition) is 1. The van der Waals surface area contributed by atoms with Crippen LogP contribution in [-0.4, -0.2) is 36.1 Å². The monoisotopic (exact) mass is 221 g/mol. The lowest BCUT2D eigenvalue weighted by molar-refractivity contribution is 0.233. The quantitative estimate of drug-likeness (QED) is 0.836. The molecule has 1 aromatic rings. The van der Waals surface area contributed by atoms with Crippen LogP contribution in [-0.2, 0) is 0 Å². The zero-order valence-electron chi connectivity index (χ0n) is 9.78. The van der Waals surface area contributed by atoms with Gasteiger partial charge in [0.15, 0.2) is 0 Å². The van der Waals surface area contributed by atoms with Crippen LogP contribution in [0.25, 0.3) is 0 Å². The van der Waals surface area contributed by atoms with E-state index in [-0.39, 0.29) is 0 Å². The van der Waals surface area contributed by atoms with Crippen molar-refractivity contribution < 1.29 is 4.74 Å². The maximum Gasteiger partial charge on any atom is 0.237 e. The van der Waals surface area contributed by atoms with E-state index >= 15 is 0 Å². The van der Waals surface area contributed by atoms with Crippen LogP contribution < -0.4 is 10.5 Å². The molecule has 0 aromatic carbocycles. The molecule has 16 heavy (non-hydrogen) atoms. The van der Waals surface area contributed by atoms with E-state index in [1.165, 1.54) is 25.9 Å². The number of nitrogens with two attached hydrogens (primary N) is 1. The second kappa shape index (κ2) is 5.16. The lowest BCUT2D eigenvalue weighted by Gasteiger charge is -2.15. The van der Waals surface area contributed by atoms with Crippen LogP contribution in [0.2, 0.25) is 0 Å². The van der Waals surface area contributed by atoms with E-state index in [1.54, 1.807) is 6.20 Å². The van der Waals surface area contributed by atoms with Crippen LogP contribution in [0.1, 0.15) is 18.4 Å². The Labute approximate surface area is 96.4 Å². The zero-order chi connectivity index (χ0) is 11.4. The molecule has 2 rings (SSSR count). The zero-order valence-corrected chi connectivity index (χ0v) is 9.78. The minimum atomic E-state index is 0.560. The van der Waals surface area contributed by atoms with Gasteiger partial charge in [0, 0.05) is 12.7 Å². The average molecular weight is 221 g/mol. The number of rotatable bonds is 4. The van der Waals surface area contributed by atoms with Crippen LogP contribution >= 0.6 is 0 Å². The fourth-order valence-electron chi connectivity index (χ4n) is 1.98. The first-order valence-electron chi connectivity index (χ1n) is 5.83. The van der Waals surface area contributed by atoms with Gasteiger partial charge in [0.05, 0.1) is 5.69 Å². The predicted octanol–water partition coefficient (Wildman–Crippen LogP) is 1.45. The summed E-state index contributed by atoms with van der Waals surface area (Å²) in [6.45, 7) is 5.99. The molecule has 0 amide bonds. The van der Waals surface area contributed by atoms with Crippen LogP contribution in [0.5, 0.6) is 5.88 Å². The Kier molecular flexibility index (Phi) is 3.62. The smallest absolute Gasteiger partial charge is 0.237 e. The molecule has 0 bridgehead atoms. The molecule has 4 nitrogen and oxygen atoms in total. The first-order valence-corrected chi connectivity index (χ1v) is 5.83. The number of likely N-dealkylation sites (tertiary alicyclic amines) is 1. The first-order chi connectivity index (χ1) is 7.75. The van der Waals surface area contributed by atoms with Crippen molar-refractivity contribution in [2.45, 2.75) is 19.8 Å². The lowest BCUT2D eigenvalue weighted by Crippen LogP contribution is -2.25. The standard InChI is InChI=1S/C12H19N3O/c1-10-8-11(13)12(14-9-10)16-7-6-15-4-2-3-5-15/h8-9H,2-7,13H2,1H3. The Morgan fingerprint density at radius 1 is 1.44 bits per heavy atom. The summed E-state index contributed by atoms with van der Waals surface area (Å²) in [4.78, 5) is 6.58. The van der Waals surface area contributed by atoms with Gasteiger partial charge >= 0.3 is 0 Å². The van der Waals surface area contributed by atoms with E-state index in [4.69, 9.17) is 10.5 Å². The van der Waals surface area contributed by atoms with Gasteiger partial charge in [-0.2, -0.15) is 0 Å². The average Bonchev–Trinajstić information content (AvgIpc) is 2.74. The molecule has 0 atom stereocenters. The Hall–Kier alpha value is -1.29. The summed E-state index contributed by atoms with van der Waals surface area (Å²) in [5, 5.41) is 0. The van der Waals surface area contributed by atoms with Crippen molar-refractivity contribution in [1.29, 1.82) is 0 Å².